The predicted molar refractivity (Wildman–Crippen MR) is 65.6 cm³/mol. The van der Waals surface area contributed by atoms with Crippen LogP contribution in [-0.2, 0) is 6.42 Å². The summed E-state index contributed by atoms with van der Waals surface area (Å²) < 4.78 is 1.14. The van der Waals surface area contributed by atoms with Crippen molar-refractivity contribution in [2.24, 2.45) is 0 Å². The molecule has 1 N–H and O–H groups in total. The van der Waals surface area contributed by atoms with Gasteiger partial charge in [-0.15, -0.1) is 0 Å². The Hall–Kier alpha value is -0.340. The molecule has 1 nitrogen and oxygen atoms in total. The molecule has 0 fully saturated rings. The highest BCUT2D eigenvalue weighted by molar-refractivity contribution is 9.10. The monoisotopic (exact) mass is 255 g/mol. The highest BCUT2D eigenvalue weighted by Gasteiger charge is 2.04. The molecule has 78 valence electrons. The maximum Gasteiger partial charge on any atom is 0.0175 e. The van der Waals surface area contributed by atoms with Gasteiger partial charge in [-0.3, -0.25) is 0 Å². The molecule has 1 aromatic carbocycles. The van der Waals surface area contributed by atoms with Gasteiger partial charge in [0, 0.05) is 16.6 Å². The van der Waals surface area contributed by atoms with Crippen LogP contribution in [0.1, 0.15) is 26.3 Å². The van der Waals surface area contributed by atoms with E-state index in [2.05, 4.69) is 66.3 Å². The second-order valence-corrected chi connectivity index (χ2v) is 4.97. The van der Waals surface area contributed by atoms with Gasteiger partial charge < -0.3 is 5.32 Å². The fraction of sp³-hybridized carbons (Fsp3) is 0.500. The van der Waals surface area contributed by atoms with Crippen LogP contribution in [0.25, 0.3) is 0 Å². The zero-order valence-corrected chi connectivity index (χ0v) is 10.6. The third kappa shape index (κ3) is 4.25. The molecule has 1 atom stereocenters. The largest absolute Gasteiger partial charge is 0.312 e. The highest BCUT2D eigenvalue weighted by Crippen LogP contribution is 2.11. The van der Waals surface area contributed by atoms with Gasteiger partial charge in [0.15, 0.2) is 0 Å². The minimum absolute atomic E-state index is 0.538. The number of benzene rings is 1. The summed E-state index contributed by atoms with van der Waals surface area (Å²) >= 11 is 3.44. The van der Waals surface area contributed by atoms with E-state index < -0.39 is 0 Å². The summed E-state index contributed by atoms with van der Waals surface area (Å²) in [6.07, 6.45) is 1.09. The van der Waals surface area contributed by atoms with Crippen molar-refractivity contribution in [2.75, 3.05) is 0 Å². The van der Waals surface area contributed by atoms with Crippen LogP contribution in [0.15, 0.2) is 28.7 Å². The topological polar surface area (TPSA) is 12.0 Å². The standard InChI is InChI=1S/C12H18BrN/c1-9(2)14-10(3)8-11-4-6-12(13)7-5-11/h4-7,9-10,14H,8H2,1-3H3. The molecule has 2 heteroatoms. The fourth-order valence-electron chi connectivity index (χ4n) is 1.60. The molecule has 0 aliphatic rings. The van der Waals surface area contributed by atoms with Gasteiger partial charge in [-0.25, -0.2) is 0 Å². The van der Waals surface area contributed by atoms with E-state index in [1.165, 1.54) is 5.56 Å². The first-order valence-corrected chi connectivity index (χ1v) is 5.87. The van der Waals surface area contributed by atoms with Gasteiger partial charge >= 0.3 is 0 Å². The molecule has 0 amide bonds. The second-order valence-electron chi connectivity index (χ2n) is 4.05. The van der Waals surface area contributed by atoms with E-state index in [0.29, 0.717) is 12.1 Å². The summed E-state index contributed by atoms with van der Waals surface area (Å²) in [7, 11) is 0. The molecule has 14 heavy (non-hydrogen) atoms. The molecule has 1 unspecified atom stereocenters. The lowest BCUT2D eigenvalue weighted by Crippen LogP contribution is -2.33. The molecule has 0 spiro atoms. The maximum atomic E-state index is 3.49. The zero-order chi connectivity index (χ0) is 10.6. The summed E-state index contributed by atoms with van der Waals surface area (Å²) in [5.74, 6) is 0. The third-order valence-electron chi connectivity index (χ3n) is 2.07. The average molecular weight is 256 g/mol. The van der Waals surface area contributed by atoms with E-state index in [-0.39, 0.29) is 0 Å². The van der Waals surface area contributed by atoms with Crippen LogP contribution in [0, 0.1) is 0 Å². The highest BCUT2D eigenvalue weighted by atomic mass is 79.9. The minimum atomic E-state index is 0.538. The molecular weight excluding hydrogens is 238 g/mol. The lowest BCUT2D eigenvalue weighted by atomic mass is 10.1. The Morgan fingerprint density at radius 1 is 1.14 bits per heavy atom. The van der Waals surface area contributed by atoms with Crippen molar-refractivity contribution in [3.8, 4) is 0 Å². The van der Waals surface area contributed by atoms with Crippen LogP contribution < -0.4 is 5.32 Å². The van der Waals surface area contributed by atoms with Gasteiger partial charge in [0.25, 0.3) is 0 Å². The van der Waals surface area contributed by atoms with E-state index in [4.69, 9.17) is 0 Å². The molecule has 1 aromatic rings. The lowest BCUT2D eigenvalue weighted by molar-refractivity contribution is 0.488. The summed E-state index contributed by atoms with van der Waals surface area (Å²) in [6.45, 7) is 6.58. The van der Waals surface area contributed by atoms with Gasteiger partial charge in [-0.1, -0.05) is 41.9 Å². The number of halogens is 1. The van der Waals surface area contributed by atoms with E-state index in [9.17, 15) is 0 Å². The average Bonchev–Trinajstić information content (AvgIpc) is 2.07. The van der Waals surface area contributed by atoms with E-state index >= 15 is 0 Å². The van der Waals surface area contributed by atoms with Gasteiger partial charge in [0.2, 0.25) is 0 Å². The van der Waals surface area contributed by atoms with Crippen LogP contribution in [-0.4, -0.2) is 12.1 Å². The first-order valence-electron chi connectivity index (χ1n) is 5.08. The fourth-order valence-corrected chi connectivity index (χ4v) is 1.87. The summed E-state index contributed by atoms with van der Waals surface area (Å²) in [4.78, 5) is 0. The number of hydrogen-bond donors (Lipinski definition) is 1. The van der Waals surface area contributed by atoms with Crippen molar-refractivity contribution in [1.29, 1.82) is 0 Å². The smallest absolute Gasteiger partial charge is 0.0175 e. The van der Waals surface area contributed by atoms with Crippen LogP contribution in [0.2, 0.25) is 0 Å². The van der Waals surface area contributed by atoms with Crippen molar-refractivity contribution in [1.82, 2.24) is 5.32 Å². The Labute approximate surface area is 95.0 Å². The van der Waals surface area contributed by atoms with Crippen molar-refractivity contribution in [3.63, 3.8) is 0 Å². The summed E-state index contributed by atoms with van der Waals surface area (Å²) in [5, 5.41) is 3.49. The Morgan fingerprint density at radius 2 is 1.71 bits per heavy atom. The van der Waals surface area contributed by atoms with E-state index in [1.807, 2.05) is 0 Å². The van der Waals surface area contributed by atoms with Gasteiger partial charge in [-0.2, -0.15) is 0 Å². The molecule has 0 aliphatic heterocycles. The minimum Gasteiger partial charge on any atom is -0.312 e. The molecule has 0 saturated heterocycles. The van der Waals surface area contributed by atoms with Gasteiger partial charge in [0.1, 0.15) is 0 Å². The Bertz CT molecular complexity index is 266. The van der Waals surface area contributed by atoms with E-state index in [0.717, 1.165) is 10.9 Å². The quantitative estimate of drug-likeness (QED) is 0.870. The van der Waals surface area contributed by atoms with Crippen LogP contribution >= 0.6 is 15.9 Å². The Morgan fingerprint density at radius 3 is 2.21 bits per heavy atom. The molecule has 0 aliphatic carbocycles. The van der Waals surface area contributed by atoms with Crippen molar-refractivity contribution in [2.45, 2.75) is 39.3 Å². The molecule has 0 aromatic heterocycles. The lowest BCUT2D eigenvalue weighted by Gasteiger charge is -2.16. The normalized spacial score (nSPS) is 13.2. The molecule has 0 heterocycles. The first kappa shape index (κ1) is 11.7. The molecular formula is C12H18BrN. The van der Waals surface area contributed by atoms with Crippen LogP contribution in [0.3, 0.4) is 0 Å². The molecule has 0 radical (unpaired) electrons. The van der Waals surface area contributed by atoms with E-state index in [1.54, 1.807) is 0 Å². The second kappa shape index (κ2) is 5.52. The first-order chi connectivity index (χ1) is 6.58. The third-order valence-corrected chi connectivity index (χ3v) is 2.60. The molecule has 1 rings (SSSR count). The van der Waals surface area contributed by atoms with Gasteiger partial charge in [-0.05, 0) is 31.0 Å². The van der Waals surface area contributed by atoms with Gasteiger partial charge in [0.05, 0.1) is 0 Å². The Balaban J connectivity index is 2.47. The molecule has 0 saturated carbocycles. The predicted octanol–water partition coefficient (Wildman–Crippen LogP) is 3.38. The number of rotatable bonds is 4. The molecule has 0 bridgehead atoms. The van der Waals surface area contributed by atoms with Crippen LogP contribution in [0.5, 0.6) is 0 Å². The number of nitrogens with one attached hydrogen (secondary N) is 1. The Kier molecular flexibility index (Phi) is 4.63. The van der Waals surface area contributed by atoms with Crippen LogP contribution in [0.4, 0.5) is 0 Å². The SMILES string of the molecule is CC(C)NC(C)Cc1ccc(Br)cc1. The summed E-state index contributed by atoms with van der Waals surface area (Å²) in [5.41, 5.74) is 1.38. The van der Waals surface area contributed by atoms with Crippen molar-refractivity contribution in [3.05, 3.63) is 34.3 Å². The van der Waals surface area contributed by atoms with Crippen molar-refractivity contribution < 1.29 is 0 Å². The summed E-state index contributed by atoms with van der Waals surface area (Å²) in [6, 6.07) is 9.62. The maximum absolute atomic E-state index is 3.49. The number of hydrogen-bond acceptors (Lipinski definition) is 1. The zero-order valence-electron chi connectivity index (χ0n) is 9.05. The van der Waals surface area contributed by atoms with Crippen molar-refractivity contribution >= 4 is 15.9 Å².